The van der Waals surface area contributed by atoms with Crippen molar-refractivity contribution in [3.63, 3.8) is 0 Å². The summed E-state index contributed by atoms with van der Waals surface area (Å²) < 4.78 is 0. The number of rotatable bonds is 6. The highest BCUT2D eigenvalue weighted by Crippen LogP contribution is 2.68. The molecule has 0 aromatic heterocycles. The van der Waals surface area contributed by atoms with Crippen molar-refractivity contribution in [2.45, 2.75) is 115 Å². The Morgan fingerprint density at radius 2 is 1.72 bits per heavy atom. The zero-order valence-electron chi connectivity index (χ0n) is 22.3. The standard InChI is InChI=1S/C28H46O8/c1-15(26(4,34)14-29)10-23(33)27(5,35)22-7-9-28(36)17-11-19(30)18-12-20(31)21(32)13-24(18,2)16(17)6-8-25(22,28)3/h11,15-16,18,20-23,29,31-36H,6-10,12-14H2,1-5H3/t15-,16-,18-,20-,21+,22-,23+,24-,25-,26-,27-,28-/m1/s1. The molecule has 12 atom stereocenters. The first-order chi connectivity index (χ1) is 16.5. The van der Waals surface area contributed by atoms with Gasteiger partial charge in [-0.1, -0.05) is 20.8 Å². The molecule has 0 saturated heterocycles. The van der Waals surface area contributed by atoms with Crippen LogP contribution >= 0.6 is 0 Å². The lowest BCUT2D eigenvalue weighted by atomic mass is 9.45. The van der Waals surface area contributed by atoms with Gasteiger partial charge >= 0.3 is 0 Å². The number of hydrogen-bond donors (Lipinski definition) is 7. The van der Waals surface area contributed by atoms with Crippen LogP contribution in [0.1, 0.15) is 79.6 Å². The Balaban J connectivity index is 1.65. The zero-order chi connectivity index (χ0) is 27.1. The highest BCUT2D eigenvalue weighted by Gasteiger charge is 2.69. The van der Waals surface area contributed by atoms with Crippen molar-refractivity contribution in [2.75, 3.05) is 6.61 Å². The van der Waals surface area contributed by atoms with Crippen LogP contribution in [0.3, 0.4) is 0 Å². The van der Waals surface area contributed by atoms with Crippen LogP contribution in [0.4, 0.5) is 0 Å². The second-order valence-electron chi connectivity index (χ2n) is 13.5. The maximum Gasteiger partial charge on any atom is 0.159 e. The molecular formula is C28H46O8. The van der Waals surface area contributed by atoms with Crippen LogP contribution in [0.2, 0.25) is 0 Å². The van der Waals surface area contributed by atoms with E-state index in [-0.39, 0.29) is 24.5 Å². The Bertz CT molecular complexity index is 913. The zero-order valence-corrected chi connectivity index (χ0v) is 22.3. The first-order valence-electron chi connectivity index (χ1n) is 13.5. The molecule has 4 rings (SSSR count). The SMILES string of the molecule is C[C@H](C[C@H](O)[C@](C)(O)[C@@H]1CC[C@@]2(O)C3=CC(=O)[C@H]4C[C@@H](O)[C@@H](O)C[C@]4(C)[C@@H]3CC[C@]12C)[C@](C)(O)CO. The Kier molecular flexibility index (Phi) is 6.90. The third-order valence-electron chi connectivity index (χ3n) is 11.5. The van der Waals surface area contributed by atoms with Crippen LogP contribution in [0.5, 0.6) is 0 Å². The second-order valence-corrected chi connectivity index (χ2v) is 13.5. The quantitative estimate of drug-likeness (QED) is 0.280. The maximum atomic E-state index is 13.3. The third-order valence-corrected chi connectivity index (χ3v) is 11.5. The molecule has 3 fully saturated rings. The van der Waals surface area contributed by atoms with E-state index in [9.17, 15) is 40.5 Å². The van der Waals surface area contributed by atoms with Crippen molar-refractivity contribution >= 4 is 5.78 Å². The van der Waals surface area contributed by atoms with Crippen molar-refractivity contribution in [3.8, 4) is 0 Å². The molecule has 0 aliphatic heterocycles. The van der Waals surface area contributed by atoms with E-state index >= 15 is 0 Å². The third kappa shape index (κ3) is 3.86. The van der Waals surface area contributed by atoms with Gasteiger partial charge in [0.1, 0.15) is 0 Å². The fourth-order valence-electron chi connectivity index (χ4n) is 8.52. The predicted molar refractivity (Wildman–Crippen MR) is 133 cm³/mol. The number of hydrogen-bond acceptors (Lipinski definition) is 8. The smallest absolute Gasteiger partial charge is 0.159 e. The second kappa shape index (κ2) is 8.83. The van der Waals surface area contributed by atoms with Crippen LogP contribution < -0.4 is 0 Å². The number of carbonyl (C=O) groups is 1. The van der Waals surface area contributed by atoms with E-state index in [1.165, 1.54) is 6.92 Å². The van der Waals surface area contributed by atoms with Gasteiger partial charge in [-0.3, -0.25) is 4.79 Å². The Labute approximate surface area is 214 Å². The summed E-state index contributed by atoms with van der Waals surface area (Å²) >= 11 is 0. The molecule has 36 heavy (non-hydrogen) atoms. The highest BCUT2D eigenvalue weighted by molar-refractivity contribution is 5.95. The summed E-state index contributed by atoms with van der Waals surface area (Å²) in [4.78, 5) is 13.3. The van der Waals surface area contributed by atoms with Crippen LogP contribution in [0, 0.1) is 34.5 Å². The fraction of sp³-hybridized carbons (Fsp3) is 0.893. The molecule has 7 N–H and O–H groups in total. The molecule has 0 unspecified atom stereocenters. The van der Waals surface area contributed by atoms with E-state index < -0.39 is 70.3 Å². The maximum absolute atomic E-state index is 13.3. The normalized spacial score (nSPS) is 47.5. The molecule has 0 spiro atoms. The Morgan fingerprint density at radius 1 is 1.08 bits per heavy atom. The number of carbonyl (C=O) groups excluding carboxylic acids is 1. The van der Waals surface area contributed by atoms with Crippen molar-refractivity contribution in [1.82, 2.24) is 0 Å². The topological polar surface area (TPSA) is 159 Å². The number of fused-ring (bicyclic) bond motifs is 5. The summed E-state index contributed by atoms with van der Waals surface area (Å²) in [5, 5.41) is 75.7. The molecule has 4 aliphatic carbocycles. The molecule has 3 saturated carbocycles. The fourth-order valence-corrected chi connectivity index (χ4v) is 8.52. The van der Waals surface area contributed by atoms with Gasteiger partial charge in [0.15, 0.2) is 5.78 Å². The molecule has 0 aromatic carbocycles. The Morgan fingerprint density at radius 3 is 2.33 bits per heavy atom. The molecule has 0 heterocycles. The monoisotopic (exact) mass is 510 g/mol. The lowest BCUT2D eigenvalue weighted by molar-refractivity contribution is -0.180. The molecule has 8 nitrogen and oxygen atoms in total. The summed E-state index contributed by atoms with van der Waals surface area (Å²) in [5.41, 5.74) is -4.98. The summed E-state index contributed by atoms with van der Waals surface area (Å²) in [6, 6.07) is 0. The van der Waals surface area contributed by atoms with Crippen LogP contribution in [-0.2, 0) is 4.79 Å². The van der Waals surface area contributed by atoms with Crippen molar-refractivity contribution in [2.24, 2.45) is 34.5 Å². The minimum atomic E-state index is -1.57. The molecule has 0 bridgehead atoms. The predicted octanol–water partition coefficient (Wildman–Crippen LogP) is 1.07. The molecule has 0 radical (unpaired) electrons. The molecule has 206 valence electrons. The minimum Gasteiger partial charge on any atom is -0.393 e. The van der Waals surface area contributed by atoms with Crippen LogP contribution in [0.25, 0.3) is 0 Å². The summed E-state index contributed by atoms with van der Waals surface area (Å²) in [5.74, 6) is -1.58. The Hall–Kier alpha value is -0.870. The average molecular weight is 511 g/mol. The van der Waals surface area contributed by atoms with Crippen molar-refractivity contribution < 1.29 is 40.5 Å². The van der Waals surface area contributed by atoms with E-state index in [0.717, 1.165) is 0 Å². The number of allylic oxidation sites excluding steroid dienone is 1. The van der Waals surface area contributed by atoms with Gasteiger partial charge in [-0.25, -0.2) is 0 Å². The van der Waals surface area contributed by atoms with Crippen LogP contribution in [0.15, 0.2) is 11.6 Å². The molecule has 0 amide bonds. The molecule has 0 aromatic rings. The van der Waals surface area contributed by atoms with Crippen molar-refractivity contribution in [3.05, 3.63) is 11.6 Å². The van der Waals surface area contributed by atoms with E-state index in [2.05, 4.69) is 0 Å². The number of ketones is 1. The average Bonchev–Trinajstić information content (AvgIpc) is 3.07. The lowest BCUT2D eigenvalue weighted by Gasteiger charge is -2.60. The van der Waals surface area contributed by atoms with Gasteiger partial charge in [0.25, 0.3) is 0 Å². The van der Waals surface area contributed by atoms with Gasteiger partial charge in [-0.15, -0.1) is 0 Å². The van der Waals surface area contributed by atoms with Crippen molar-refractivity contribution in [1.29, 1.82) is 0 Å². The number of aliphatic hydroxyl groups is 7. The van der Waals surface area contributed by atoms with Gasteiger partial charge in [0.2, 0.25) is 0 Å². The summed E-state index contributed by atoms with van der Waals surface area (Å²) in [6.45, 7) is 8.28. The highest BCUT2D eigenvalue weighted by atomic mass is 16.3. The largest absolute Gasteiger partial charge is 0.393 e. The first-order valence-corrected chi connectivity index (χ1v) is 13.5. The van der Waals surface area contributed by atoms with Crippen LogP contribution in [-0.4, -0.2) is 83.3 Å². The summed E-state index contributed by atoms with van der Waals surface area (Å²) in [7, 11) is 0. The molecule has 4 aliphatic rings. The molecular weight excluding hydrogens is 464 g/mol. The van der Waals surface area contributed by atoms with Gasteiger partial charge in [-0.2, -0.15) is 0 Å². The van der Waals surface area contributed by atoms with Gasteiger partial charge in [0, 0.05) is 11.3 Å². The van der Waals surface area contributed by atoms with E-state index in [1.807, 2.05) is 13.8 Å². The van der Waals surface area contributed by atoms with E-state index in [4.69, 9.17) is 0 Å². The number of aliphatic hydroxyl groups excluding tert-OH is 4. The van der Waals surface area contributed by atoms with E-state index in [0.29, 0.717) is 37.7 Å². The lowest BCUT2D eigenvalue weighted by Crippen LogP contribution is -2.63. The molecule has 8 heteroatoms. The van der Waals surface area contributed by atoms with Gasteiger partial charge < -0.3 is 35.7 Å². The minimum absolute atomic E-state index is 0.0787. The first kappa shape index (κ1) is 28.1. The van der Waals surface area contributed by atoms with Gasteiger partial charge in [-0.05, 0) is 93.6 Å². The van der Waals surface area contributed by atoms with E-state index in [1.54, 1.807) is 19.9 Å². The van der Waals surface area contributed by atoms with Gasteiger partial charge in [0.05, 0.1) is 41.7 Å². The summed E-state index contributed by atoms with van der Waals surface area (Å²) in [6.07, 6.45) is 1.20.